The van der Waals surface area contributed by atoms with Gasteiger partial charge in [-0.2, -0.15) is 0 Å². The van der Waals surface area contributed by atoms with Crippen molar-refractivity contribution in [1.82, 2.24) is 4.90 Å². The van der Waals surface area contributed by atoms with Gasteiger partial charge in [-0.25, -0.2) is 0 Å². The molecule has 0 unspecified atom stereocenters. The molecule has 1 aliphatic rings. The summed E-state index contributed by atoms with van der Waals surface area (Å²) in [6.07, 6.45) is 4.40. The predicted octanol–water partition coefficient (Wildman–Crippen LogP) is 2.82. The smallest absolute Gasteiger partial charge is 0.222 e. The summed E-state index contributed by atoms with van der Waals surface area (Å²) >= 11 is 5.17. The lowest BCUT2D eigenvalue weighted by Crippen LogP contribution is -2.37. The van der Waals surface area contributed by atoms with Gasteiger partial charge in [0.2, 0.25) is 5.91 Å². The molecule has 0 radical (unpaired) electrons. The number of carbonyl (C=O) groups excluding carboxylic acids is 1. The molecule has 5 heteroatoms. The van der Waals surface area contributed by atoms with Crippen LogP contribution in [0.4, 0.5) is 0 Å². The molecule has 1 aliphatic heterocycles. The first-order valence-corrected chi connectivity index (χ1v) is 7.96. The second-order valence-electron chi connectivity index (χ2n) is 4.63. The van der Waals surface area contributed by atoms with E-state index >= 15 is 0 Å². The Morgan fingerprint density at radius 3 is 3.06 bits per heavy atom. The zero-order valence-corrected chi connectivity index (χ0v) is 12.7. The van der Waals surface area contributed by atoms with E-state index in [9.17, 15) is 9.90 Å². The molecule has 1 aromatic heterocycles. The Kier molecular flexibility index (Phi) is 5.21. The van der Waals surface area contributed by atoms with Gasteiger partial charge in [-0.05, 0) is 53.7 Å². The monoisotopic (exact) mass is 331 g/mol. The molecule has 1 atom stereocenters. The number of thiophene rings is 1. The van der Waals surface area contributed by atoms with Crippen LogP contribution in [-0.4, -0.2) is 35.1 Å². The van der Waals surface area contributed by atoms with Gasteiger partial charge < -0.3 is 10.0 Å². The maximum atomic E-state index is 12.0. The van der Waals surface area contributed by atoms with E-state index in [2.05, 4.69) is 22.0 Å². The minimum Gasteiger partial charge on any atom is -0.394 e. The van der Waals surface area contributed by atoms with Crippen molar-refractivity contribution in [3.63, 3.8) is 0 Å². The summed E-state index contributed by atoms with van der Waals surface area (Å²) in [4.78, 5) is 15.2. The second kappa shape index (κ2) is 6.68. The number of halogens is 1. The molecule has 0 spiro atoms. The highest BCUT2D eigenvalue weighted by Crippen LogP contribution is 2.24. The Bertz CT molecular complexity index is 407. The third-order valence-electron chi connectivity index (χ3n) is 3.35. The lowest BCUT2D eigenvalue weighted by atomic mass is 10.2. The van der Waals surface area contributed by atoms with Gasteiger partial charge in [0.25, 0.3) is 0 Å². The van der Waals surface area contributed by atoms with Crippen LogP contribution in [0.3, 0.4) is 0 Å². The molecule has 0 saturated carbocycles. The van der Waals surface area contributed by atoms with Crippen molar-refractivity contribution in [3.8, 4) is 0 Å². The predicted molar refractivity (Wildman–Crippen MR) is 76.8 cm³/mol. The molecule has 0 bridgehead atoms. The van der Waals surface area contributed by atoms with Gasteiger partial charge in [-0.1, -0.05) is 0 Å². The third kappa shape index (κ3) is 3.56. The number of hydrogen-bond donors (Lipinski definition) is 1. The molecule has 2 rings (SSSR count). The second-order valence-corrected chi connectivity index (χ2v) is 7.17. The standard InChI is InChI=1S/C13H18BrNO2S/c14-12-7-6-11(18-12)4-1-5-13(17)15-8-2-3-10(15)9-16/h6-7,10,16H,1-5,8-9H2/t10-/m0/s1. The van der Waals surface area contributed by atoms with Crippen LogP contribution in [-0.2, 0) is 11.2 Å². The zero-order chi connectivity index (χ0) is 13.0. The fourth-order valence-electron chi connectivity index (χ4n) is 2.40. The van der Waals surface area contributed by atoms with E-state index in [1.807, 2.05) is 11.0 Å². The molecule has 18 heavy (non-hydrogen) atoms. The largest absolute Gasteiger partial charge is 0.394 e. The van der Waals surface area contributed by atoms with Crippen molar-refractivity contribution in [2.24, 2.45) is 0 Å². The van der Waals surface area contributed by atoms with Crippen molar-refractivity contribution >= 4 is 33.2 Å². The molecule has 3 nitrogen and oxygen atoms in total. The first-order valence-electron chi connectivity index (χ1n) is 6.35. The number of hydrogen-bond acceptors (Lipinski definition) is 3. The minimum absolute atomic E-state index is 0.0633. The van der Waals surface area contributed by atoms with E-state index in [1.54, 1.807) is 11.3 Å². The Morgan fingerprint density at radius 2 is 2.39 bits per heavy atom. The van der Waals surface area contributed by atoms with E-state index in [0.29, 0.717) is 6.42 Å². The molecular weight excluding hydrogens is 314 g/mol. The van der Waals surface area contributed by atoms with Crippen LogP contribution in [0.2, 0.25) is 0 Å². The van der Waals surface area contributed by atoms with Crippen molar-refractivity contribution in [2.45, 2.75) is 38.1 Å². The maximum Gasteiger partial charge on any atom is 0.222 e. The van der Waals surface area contributed by atoms with Crippen LogP contribution in [0.1, 0.15) is 30.6 Å². The molecular formula is C13H18BrNO2S. The third-order valence-corrected chi connectivity index (χ3v) is 5.03. The topological polar surface area (TPSA) is 40.5 Å². The van der Waals surface area contributed by atoms with Gasteiger partial charge in [-0.15, -0.1) is 11.3 Å². The van der Waals surface area contributed by atoms with E-state index in [1.165, 1.54) is 4.88 Å². The van der Waals surface area contributed by atoms with Gasteiger partial charge in [-0.3, -0.25) is 4.79 Å². The number of aliphatic hydroxyl groups excluding tert-OH is 1. The van der Waals surface area contributed by atoms with Crippen LogP contribution >= 0.6 is 27.3 Å². The lowest BCUT2D eigenvalue weighted by molar-refractivity contribution is -0.132. The molecule has 1 aromatic rings. The highest BCUT2D eigenvalue weighted by molar-refractivity contribution is 9.11. The van der Waals surface area contributed by atoms with Crippen molar-refractivity contribution < 1.29 is 9.90 Å². The van der Waals surface area contributed by atoms with Crippen molar-refractivity contribution in [1.29, 1.82) is 0 Å². The zero-order valence-electron chi connectivity index (χ0n) is 10.3. The van der Waals surface area contributed by atoms with Crippen LogP contribution < -0.4 is 0 Å². The number of likely N-dealkylation sites (tertiary alicyclic amines) is 1. The van der Waals surface area contributed by atoms with E-state index in [0.717, 1.165) is 36.0 Å². The average molecular weight is 332 g/mol. The van der Waals surface area contributed by atoms with Gasteiger partial charge in [0, 0.05) is 17.8 Å². The van der Waals surface area contributed by atoms with Crippen LogP contribution in [0.15, 0.2) is 15.9 Å². The van der Waals surface area contributed by atoms with Crippen LogP contribution in [0.25, 0.3) is 0 Å². The number of rotatable bonds is 5. The van der Waals surface area contributed by atoms with E-state index in [-0.39, 0.29) is 18.6 Å². The quantitative estimate of drug-likeness (QED) is 0.901. The number of aliphatic hydroxyl groups is 1. The maximum absolute atomic E-state index is 12.0. The Labute approximate surface area is 120 Å². The van der Waals surface area contributed by atoms with Gasteiger partial charge in [0.15, 0.2) is 0 Å². The molecule has 1 amide bonds. The van der Waals surface area contributed by atoms with E-state index < -0.39 is 0 Å². The fourth-order valence-corrected chi connectivity index (χ4v) is 3.92. The van der Waals surface area contributed by atoms with E-state index in [4.69, 9.17) is 0 Å². The first-order chi connectivity index (χ1) is 8.70. The average Bonchev–Trinajstić information content (AvgIpc) is 2.97. The summed E-state index contributed by atoms with van der Waals surface area (Å²) in [7, 11) is 0. The van der Waals surface area contributed by atoms with Gasteiger partial charge in [0.05, 0.1) is 16.4 Å². The number of carbonyl (C=O) groups is 1. The molecule has 0 aliphatic carbocycles. The number of aryl methyl sites for hydroxylation is 1. The summed E-state index contributed by atoms with van der Waals surface area (Å²) in [6.45, 7) is 0.915. The van der Waals surface area contributed by atoms with Crippen molar-refractivity contribution in [3.05, 3.63) is 20.8 Å². The lowest BCUT2D eigenvalue weighted by Gasteiger charge is -2.22. The minimum atomic E-state index is 0.0633. The number of amides is 1. The molecule has 1 fully saturated rings. The molecule has 1 N–H and O–H groups in total. The Balaban J connectivity index is 1.74. The van der Waals surface area contributed by atoms with Gasteiger partial charge >= 0.3 is 0 Å². The van der Waals surface area contributed by atoms with Crippen LogP contribution in [0.5, 0.6) is 0 Å². The summed E-state index contributed by atoms with van der Waals surface area (Å²) in [5.41, 5.74) is 0. The fraction of sp³-hybridized carbons (Fsp3) is 0.615. The molecule has 0 aromatic carbocycles. The first kappa shape index (κ1) is 14.0. The SMILES string of the molecule is O=C(CCCc1ccc(Br)s1)N1CCC[C@H]1CO. The molecule has 1 saturated heterocycles. The Morgan fingerprint density at radius 1 is 1.56 bits per heavy atom. The van der Waals surface area contributed by atoms with Crippen LogP contribution in [0, 0.1) is 0 Å². The number of nitrogens with zero attached hydrogens (tertiary/aromatic N) is 1. The summed E-state index contributed by atoms with van der Waals surface area (Å²) in [5.74, 6) is 0.196. The van der Waals surface area contributed by atoms with Crippen molar-refractivity contribution in [2.75, 3.05) is 13.2 Å². The Hall–Kier alpha value is -0.390. The summed E-state index contributed by atoms with van der Waals surface area (Å²) < 4.78 is 1.14. The molecule has 100 valence electrons. The van der Waals surface area contributed by atoms with Gasteiger partial charge in [0.1, 0.15) is 0 Å². The normalized spacial score (nSPS) is 19.4. The molecule has 2 heterocycles. The highest BCUT2D eigenvalue weighted by atomic mass is 79.9. The highest BCUT2D eigenvalue weighted by Gasteiger charge is 2.27. The summed E-state index contributed by atoms with van der Waals surface area (Å²) in [6, 6.07) is 4.21. The summed E-state index contributed by atoms with van der Waals surface area (Å²) in [5, 5.41) is 9.19.